The summed E-state index contributed by atoms with van der Waals surface area (Å²) in [4.78, 5) is 32.9. The fourth-order valence-electron chi connectivity index (χ4n) is 1.48. The third-order valence-electron chi connectivity index (χ3n) is 2.21. The van der Waals surface area contributed by atoms with Gasteiger partial charge in [-0.1, -0.05) is 0 Å². The molecular formula is C11H11N5O3. The van der Waals surface area contributed by atoms with E-state index in [4.69, 9.17) is 5.11 Å². The number of aromatic carboxylic acids is 1. The molecule has 0 atom stereocenters. The van der Waals surface area contributed by atoms with Crippen LogP contribution in [0.3, 0.4) is 0 Å². The summed E-state index contributed by atoms with van der Waals surface area (Å²) in [6.45, 7) is 1.69. The number of urea groups is 1. The molecule has 8 nitrogen and oxygen atoms in total. The van der Waals surface area contributed by atoms with E-state index in [9.17, 15) is 9.59 Å². The average molecular weight is 261 g/mol. The molecule has 2 amide bonds. The summed E-state index contributed by atoms with van der Waals surface area (Å²) in [5.74, 6) is -1.02. The molecule has 8 heteroatoms. The number of carboxylic acids is 1. The summed E-state index contributed by atoms with van der Waals surface area (Å²) in [6.07, 6.45) is 2.96. The van der Waals surface area contributed by atoms with Gasteiger partial charge in [0.15, 0.2) is 0 Å². The van der Waals surface area contributed by atoms with Crippen LogP contribution in [0.25, 0.3) is 0 Å². The second kappa shape index (κ2) is 5.17. The largest absolute Gasteiger partial charge is 0.477 e. The van der Waals surface area contributed by atoms with E-state index in [0.29, 0.717) is 5.69 Å². The topological polar surface area (TPSA) is 120 Å². The third kappa shape index (κ3) is 3.06. The highest BCUT2D eigenvalue weighted by Gasteiger charge is 2.15. The predicted octanol–water partition coefficient (Wildman–Crippen LogP) is 1.46. The van der Waals surface area contributed by atoms with E-state index in [-0.39, 0.29) is 17.3 Å². The molecule has 2 heterocycles. The molecule has 0 aliphatic heterocycles. The molecule has 2 aromatic rings. The van der Waals surface area contributed by atoms with Crippen LogP contribution in [0.4, 0.5) is 16.4 Å². The van der Waals surface area contributed by atoms with Crippen molar-refractivity contribution in [3.05, 3.63) is 35.9 Å². The van der Waals surface area contributed by atoms with Crippen molar-refractivity contribution < 1.29 is 14.7 Å². The number of nitrogens with zero attached hydrogens (tertiary/aromatic N) is 2. The van der Waals surface area contributed by atoms with Crippen molar-refractivity contribution in [2.24, 2.45) is 0 Å². The molecule has 0 fully saturated rings. The molecule has 0 spiro atoms. The first kappa shape index (κ1) is 12.6. The lowest BCUT2D eigenvalue weighted by atomic mass is 10.3. The van der Waals surface area contributed by atoms with Crippen molar-refractivity contribution in [2.75, 3.05) is 10.6 Å². The monoisotopic (exact) mass is 261 g/mol. The molecule has 0 aliphatic rings. The van der Waals surface area contributed by atoms with Gasteiger partial charge >= 0.3 is 12.0 Å². The maximum Gasteiger partial charge on any atom is 0.354 e. The summed E-state index contributed by atoms with van der Waals surface area (Å²) in [7, 11) is 0. The van der Waals surface area contributed by atoms with Gasteiger partial charge in [0.25, 0.3) is 0 Å². The summed E-state index contributed by atoms with van der Waals surface area (Å²) in [5.41, 5.74) is 0.726. The van der Waals surface area contributed by atoms with Crippen LogP contribution in [0.15, 0.2) is 24.5 Å². The Kier molecular flexibility index (Phi) is 3.42. The third-order valence-corrected chi connectivity index (χ3v) is 2.21. The van der Waals surface area contributed by atoms with Crippen LogP contribution in [0.2, 0.25) is 0 Å². The first-order valence-corrected chi connectivity index (χ1v) is 5.34. The van der Waals surface area contributed by atoms with Crippen molar-refractivity contribution in [3.8, 4) is 0 Å². The van der Waals surface area contributed by atoms with Crippen molar-refractivity contribution in [1.82, 2.24) is 15.0 Å². The minimum absolute atomic E-state index is 0.0818. The second-order valence-electron chi connectivity index (χ2n) is 3.70. The van der Waals surface area contributed by atoms with Gasteiger partial charge < -0.3 is 15.4 Å². The number of aryl methyl sites for hydroxylation is 1. The number of aromatic nitrogens is 3. The van der Waals surface area contributed by atoms with Gasteiger partial charge in [0.05, 0.1) is 5.69 Å². The maximum atomic E-state index is 11.7. The number of anilines is 2. The van der Waals surface area contributed by atoms with Gasteiger partial charge in [-0.05, 0) is 19.1 Å². The van der Waals surface area contributed by atoms with Crippen molar-refractivity contribution in [2.45, 2.75) is 6.92 Å². The van der Waals surface area contributed by atoms with Crippen LogP contribution in [-0.4, -0.2) is 32.1 Å². The van der Waals surface area contributed by atoms with Gasteiger partial charge in [-0.2, -0.15) is 0 Å². The first-order valence-electron chi connectivity index (χ1n) is 5.34. The molecule has 0 unspecified atom stereocenters. The Hall–Kier alpha value is -2.90. The lowest BCUT2D eigenvalue weighted by molar-refractivity contribution is 0.0692. The van der Waals surface area contributed by atoms with E-state index in [1.54, 1.807) is 13.0 Å². The summed E-state index contributed by atoms with van der Waals surface area (Å²) < 4.78 is 0. The zero-order valence-electron chi connectivity index (χ0n) is 9.97. The van der Waals surface area contributed by atoms with Gasteiger partial charge in [0.1, 0.15) is 5.69 Å². The van der Waals surface area contributed by atoms with Crippen LogP contribution >= 0.6 is 0 Å². The Morgan fingerprint density at radius 3 is 2.58 bits per heavy atom. The highest BCUT2D eigenvalue weighted by molar-refractivity contribution is 6.03. The van der Waals surface area contributed by atoms with Crippen LogP contribution in [0.5, 0.6) is 0 Å². The minimum atomic E-state index is -1.15. The van der Waals surface area contributed by atoms with E-state index in [1.807, 2.05) is 0 Å². The molecule has 2 aromatic heterocycles. The molecule has 4 N–H and O–H groups in total. The van der Waals surface area contributed by atoms with Crippen LogP contribution in [0.1, 0.15) is 16.2 Å². The van der Waals surface area contributed by atoms with E-state index < -0.39 is 12.0 Å². The molecule has 19 heavy (non-hydrogen) atoms. The van der Waals surface area contributed by atoms with Gasteiger partial charge in [0.2, 0.25) is 5.95 Å². The minimum Gasteiger partial charge on any atom is -0.477 e. The number of nitrogens with one attached hydrogen (secondary N) is 3. The number of carbonyl (C=O) groups excluding carboxylic acids is 1. The maximum absolute atomic E-state index is 11.7. The van der Waals surface area contributed by atoms with E-state index in [0.717, 1.165) is 0 Å². The molecule has 0 radical (unpaired) electrons. The van der Waals surface area contributed by atoms with Crippen molar-refractivity contribution in [3.63, 3.8) is 0 Å². The van der Waals surface area contributed by atoms with Crippen molar-refractivity contribution >= 4 is 23.6 Å². The lowest BCUT2D eigenvalue weighted by Gasteiger charge is -2.05. The summed E-state index contributed by atoms with van der Waals surface area (Å²) >= 11 is 0. The highest BCUT2D eigenvalue weighted by Crippen LogP contribution is 2.16. The number of hydrogen-bond donors (Lipinski definition) is 4. The van der Waals surface area contributed by atoms with Gasteiger partial charge in [-0.25, -0.2) is 19.6 Å². The zero-order chi connectivity index (χ0) is 13.8. The number of carbonyl (C=O) groups is 2. The highest BCUT2D eigenvalue weighted by atomic mass is 16.4. The Morgan fingerprint density at radius 2 is 1.95 bits per heavy atom. The molecule has 0 aromatic carbocycles. The quantitative estimate of drug-likeness (QED) is 0.666. The predicted molar refractivity (Wildman–Crippen MR) is 67.2 cm³/mol. The second-order valence-corrected chi connectivity index (χ2v) is 3.70. The van der Waals surface area contributed by atoms with Crippen LogP contribution in [-0.2, 0) is 0 Å². The molecule has 0 aliphatic carbocycles. The van der Waals surface area contributed by atoms with Crippen LogP contribution < -0.4 is 10.6 Å². The molecule has 0 bridgehead atoms. The first-order chi connectivity index (χ1) is 9.06. The Bertz CT molecular complexity index is 608. The van der Waals surface area contributed by atoms with Crippen molar-refractivity contribution in [1.29, 1.82) is 0 Å². The number of hydrogen-bond acceptors (Lipinski definition) is 4. The Balaban J connectivity index is 2.09. The molecule has 0 saturated heterocycles. The van der Waals surface area contributed by atoms with E-state index >= 15 is 0 Å². The number of carboxylic acid groups (broad SMARTS) is 1. The molecule has 2 rings (SSSR count). The SMILES string of the molecule is Cc1cc(NC(=O)Nc2ncccn2)c(C(=O)O)[nH]1. The smallest absolute Gasteiger partial charge is 0.354 e. The zero-order valence-corrected chi connectivity index (χ0v) is 9.97. The standard InChI is InChI=1S/C11H11N5O3/c1-6-5-7(8(14-6)9(17)18)15-11(19)16-10-12-3-2-4-13-10/h2-5,14H,1H3,(H,17,18)(H2,12,13,15,16,19). The summed E-state index contributed by atoms with van der Waals surface area (Å²) in [5, 5.41) is 13.8. The average Bonchev–Trinajstić information content (AvgIpc) is 2.71. The molecule has 98 valence electrons. The number of H-pyrrole nitrogens is 1. The fraction of sp³-hybridized carbons (Fsp3) is 0.0909. The van der Waals surface area contributed by atoms with Gasteiger partial charge in [-0.3, -0.25) is 5.32 Å². The molecule has 0 saturated carbocycles. The number of rotatable bonds is 3. The lowest BCUT2D eigenvalue weighted by Crippen LogP contribution is -2.21. The van der Waals surface area contributed by atoms with Gasteiger partial charge in [-0.15, -0.1) is 0 Å². The number of amides is 2. The van der Waals surface area contributed by atoms with Crippen LogP contribution in [0, 0.1) is 6.92 Å². The molecular weight excluding hydrogens is 250 g/mol. The normalized spacial score (nSPS) is 9.95. The Morgan fingerprint density at radius 1 is 1.26 bits per heavy atom. The van der Waals surface area contributed by atoms with Gasteiger partial charge in [0, 0.05) is 18.1 Å². The summed E-state index contributed by atoms with van der Waals surface area (Å²) in [6, 6.07) is 2.52. The van der Waals surface area contributed by atoms with E-state index in [2.05, 4.69) is 25.6 Å². The Labute approximate surface area is 107 Å². The fourth-order valence-corrected chi connectivity index (χ4v) is 1.48. The number of aromatic amines is 1. The van der Waals surface area contributed by atoms with E-state index in [1.165, 1.54) is 18.5 Å².